The first-order valence-electron chi connectivity index (χ1n) is 9.21. The molecule has 134 valence electrons. The Morgan fingerprint density at radius 2 is 1.57 bits per heavy atom. The number of aromatic nitrogens is 2. The molecule has 2 nitrogen and oxygen atoms in total. The van der Waals surface area contributed by atoms with Crippen molar-refractivity contribution in [2.24, 2.45) is 0 Å². The average molecular weight is 425 g/mol. The van der Waals surface area contributed by atoms with Crippen LogP contribution >= 0.6 is 15.9 Å². The molecule has 1 aliphatic rings. The smallest absolute Gasteiger partial charge is 0.160 e. The van der Waals surface area contributed by atoms with Crippen LogP contribution in [0.25, 0.3) is 40.0 Å². The zero-order chi connectivity index (χ0) is 19.1. The molecule has 4 aromatic rings. The molecule has 0 amide bonds. The van der Waals surface area contributed by atoms with Gasteiger partial charge in [0.1, 0.15) is 0 Å². The highest BCUT2D eigenvalue weighted by Gasteiger charge is 2.25. The molecule has 0 saturated heterocycles. The number of rotatable bonds is 3. The van der Waals surface area contributed by atoms with Gasteiger partial charge in [0.05, 0.1) is 11.4 Å². The van der Waals surface area contributed by atoms with Crippen LogP contribution in [-0.4, -0.2) is 9.97 Å². The second-order valence-electron chi connectivity index (χ2n) is 6.90. The Bertz CT molecular complexity index is 1210. The van der Waals surface area contributed by atoms with Gasteiger partial charge in [-0.25, -0.2) is 9.97 Å². The van der Waals surface area contributed by atoms with Crippen molar-refractivity contribution in [2.75, 3.05) is 0 Å². The Balaban J connectivity index is 1.79. The number of benzene rings is 3. The molecule has 0 N–H and O–H groups in total. The monoisotopic (exact) mass is 424 g/mol. The van der Waals surface area contributed by atoms with Gasteiger partial charge >= 0.3 is 0 Å². The largest absolute Gasteiger partial charge is 0.228 e. The van der Waals surface area contributed by atoms with Gasteiger partial charge in [0.25, 0.3) is 0 Å². The number of hydrogen-bond donors (Lipinski definition) is 0. The van der Waals surface area contributed by atoms with Gasteiger partial charge < -0.3 is 0 Å². The van der Waals surface area contributed by atoms with Crippen molar-refractivity contribution in [3.63, 3.8) is 0 Å². The van der Waals surface area contributed by atoms with Gasteiger partial charge in [0.2, 0.25) is 0 Å². The molecule has 0 saturated carbocycles. The highest BCUT2D eigenvalue weighted by atomic mass is 79.9. The zero-order valence-electron chi connectivity index (χ0n) is 15.2. The van der Waals surface area contributed by atoms with Crippen molar-refractivity contribution in [3.8, 4) is 33.9 Å². The maximum Gasteiger partial charge on any atom is 0.160 e. The van der Waals surface area contributed by atoms with Crippen LogP contribution in [0.5, 0.6) is 0 Å². The molecule has 0 aliphatic heterocycles. The van der Waals surface area contributed by atoms with Gasteiger partial charge in [-0.3, -0.25) is 0 Å². The van der Waals surface area contributed by atoms with Crippen LogP contribution in [0, 0.1) is 0 Å². The molecule has 5 rings (SSSR count). The van der Waals surface area contributed by atoms with E-state index in [9.17, 15) is 0 Å². The minimum atomic E-state index is 0.735. The normalized spacial score (nSPS) is 11.8. The molecule has 0 atom stereocenters. The fourth-order valence-electron chi connectivity index (χ4n) is 3.79. The average Bonchev–Trinajstić information content (AvgIpc) is 3.12. The predicted molar refractivity (Wildman–Crippen MR) is 119 cm³/mol. The van der Waals surface area contributed by atoms with E-state index in [2.05, 4.69) is 83.2 Å². The number of nitrogens with zero attached hydrogens (tertiary/aromatic N) is 2. The topological polar surface area (TPSA) is 25.8 Å². The second kappa shape index (κ2) is 6.84. The maximum atomic E-state index is 5.02. The van der Waals surface area contributed by atoms with Crippen LogP contribution < -0.4 is 0 Å². The van der Waals surface area contributed by atoms with Crippen molar-refractivity contribution in [1.82, 2.24) is 9.97 Å². The summed E-state index contributed by atoms with van der Waals surface area (Å²) in [7, 11) is 0. The molecule has 0 spiro atoms. The van der Waals surface area contributed by atoms with E-state index in [1.807, 2.05) is 18.2 Å². The van der Waals surface area contributed by atoms with Gasteiger partial charge in [0.15, 0.2) is 5.82 Å². The van der Waals surface area contributed by atoms with Gasteiger partial charge in [0, 0.05) is 33.1 Å². The SMILES string of the molecule is C=Cc1cc(Br)cc(-c2nc(-c3ccccc3)c3c(n2)-c2ccccc2C3)c1. The molecule has 1 aliphatic carbocycles. The first kappa shape index (κ1) is 17.1. The summed E-state index contributed by atoms with van der Waals surface area (Å²) >= 11 is 3.60. The Kier molecular flexibility index (Phi) is 4.18. The van der Waals surface area contributed by atoms with Crippen molar-refractivity contribution in [3.05, 3.63) is 101 Å². The van der Waals surface area contributed by atoms with Crippen LogP contribution in [-0.2, 0) is 6.42 Å². The van der Waals surface area contributed by atoms with Gasteiger partial charge in [-0.1, -0.05) is 83.2 Å². The molecule has 0 bridgehead atoms. The lowest BCUT2D eigenvalue weighted by Gasteiger charge is -2.12. The van der Waals surface area contributed by atoms with Crippen LogP contribution in [0.4, 0.5) is 0 Å². The van der Waals surface area contributed by atoms with E-state index in [4.69, 9.17) is 9.97 Å². The van der Waals surface area contributed by atoms with Gasteiger partial charge in [-0.05, 0) is 29.3 Å². The Hall–Kier alpha value is -3.04. The standard InChI is InChI=1S/C25H17BrN2/c1-2-16-12-19(14-20(26)13-16)25-27-23(17-8-4-3-5-9-17)22-15-18-10-6-7-11-21(18)24(22)28-25/h2-14H,1,15H2. The minimum absolute atomic E-state index is 0.735. The summed E-state index contributed by atoms with van der Waals surface area (Å²) in [5.74, 6) is 0.735. The van der Waals surface area contributed by atoms with Crippen molar-refractivity contribution in [2.45, 2.75) is 6.42 Å². The number of hydrogen-bond acceptors (Lipinski definition) is 2. The molecular formula is C25H17BrN2. The fourth-order valence-corrected chi connectivity index (χ4v) is 4.30. The third-order valence-electron chi connectivity index (χ3n) is 5.11. The second-order valence-corrected chi connectivity index (χ2v) is 7.82. The lowest BCUT2D eigenvalue weighted by molar-refractivity contribution is 1.13. The lowest BCUT2D eigenvalue weighted by Crippen LogP contribution is -1.99. The molecule has 0 unspecified atom stereocenters. The maximum absolute atomic E-state index is 5.02. The van der Waals surface area contributed by atoms with E-state index in [1.165, 1.54) is 16.7 Å². The highest BCUT2D eigenvalue weighted by Crippen LogP contribution is 2.41. The first-order chi connectivity index (χ1) is 13.7. The van der Waals surface area contributed by atoms with E-state index in [0.29, 0.717) is 0 Å². The minimum Gasteiger partial charge on any atom is -0.228 e. The summed E-state index contributed by atoms with van der Waals surface area (Å²) in [6.45, 7) is 3.90. The van der Waals surface area contributed by atoms with Gasteiger partial charge in [-0.15, -0.1) is 0 Å². The number of fused-ring (bicyclic) bond motifs is 3. The first-order valence-corrected chi connectivity index (χ1v) is 10.0. The van der Waals surface area contributed by atoms with Crippen molar-refractivity contribution < 1.29 is 0 Å². The molecule has 1 heterocycles. The molecule has 1 aromatic heterocycles. The quantitative estimate of drug-likeness (QED) is 0.318. The van der Waals surface area contributed by atoms with Crippen LogP contribution in [0.1, 0.15) is 16.7 Å². The highest BCUT2D eigenvalue weighted by molar-refractivity contribution is 9.10. The van der Waals surface area contributed by atoms with Crippen LogP contribution in [0.3, 0.4) is 0 Å². The third-order valence-corrected chi connectivity index (χ3v) is 5.57. The molecule has 3 heteroatoms. The molecule has 28 heavy (non-hydrogen) atoms. The summed E-state index contributed by atoms with van der Waals surface area (Å²) in [6.07, 6.45) is 2.71. The van der Waals surface area contributed by atoms with Crippen LogP contribution in [0.2, 0.25) is 0 Å². The van der Waals surface area contributed by atoms with E-state index < -0.39 is 0 Å². The third kappa shape index (κ3) is 2.88. The fraction of sp³-hybridized carbons (Fsp3) is 0.0400. The van der Waals surface area contributed by atoms with Crippen LogP contribution in [0.15, 0.2) is 83.8 Å². The van der Waals surface area contributed by atoms with E-state index in [-0.39, 0.29) is 0 Å². The lowest BCUT2D eigenvalue weighted by atomic mass is 10.0. The van der Waals surface area contributed by atoms with E-state index in [1.54, 1.807) is 0 Å². The predicted octanol–water partition coefficient (Wildman–Crippen LogP) is 6.79. The molecule has 0 radical (unpaired) electrons. The summed E-state index contributed by atoms with van der Waals surface area (Å²) in [6, 6.07) is 25.1. The van der Waals surface area contributed by atoms with Crippen molar-refractivity contribution >= 4 is 22.0 Å². The zero-order valence-corrected chi connectivity index (χ0v) is 16.8. The summed E-state index contributed by atoms with van der Waals surface area (Å²) in [5.41, 5.74) is 8.91. The Morgan fingerprint density at radius 1 is 0.821 bits per heavy atom. The summed E-state index contributed by atoms with van der Waals surface area (Å²) < 4.78 is 0.991. The molecule has 0 fully saturated rings. The van der Waals surface area contributed by atoms with Crippen molar-refractivity contribution in [1.29, 1.82) is 0 Å². The molecule has 3 aromatic carbocycles. The van der Waals surface area contributed by atoms with E-state index >= 15 is 0 Å². The Morgan fingerprint density at radius 3 is 2.39 bits per heavy atom. The summed E-state index contributed by atoms with van der Waals surface area (Å²) in [5, 5.41) is 0. The van der Waals surface area contributed by atoms with Gasteiger partial charge in [-0.2, -0.15) is 0 Å². The Labute approximate surface area is 172 Å². The summed E-state index contributed by atoms with van der Waals surface area (Å²) in [4.78, 5) is 10.0. The van der Waals surface area contributed by atoms with E-state index in [0.717, 1.165) is 44.8 Å². The molecular weight excluding hydrogens is 408 g/mol. The number of halogens is 1.